The average molecular weight is 242 g/mol. The highest BCUT2D eigenvalue weighted by atomic mass is 32.2. The quantitative estimate of drug-likeness (QED) is 0.768. The smallest absolute Gasteiger partial charge is 0.168 e. The Hall–Kier alpha value is -1.68. The zero-order chi connectivity index (χ0) is 11.2. The van der Waals surface area contributed by atoms with Crippen molar-refractivity contribution in [3.63, 3.8) is 0 Å². The summed E-state index contributed by atoms with van der Waals surface area (Å²) in [6.45, 7) is 1.91. The number of amidine groups is 1. The molecule has 2 aliphatic heterocycles. The van der Waals surface area contributed by atoms with Gasteiger partial charge in [0.2, 0.25) is 0 Å². The molecule has 4 heteroatoms. The van der Waals surface area contributed by atoms with Crippen molar-refractivity contribution in [2.75, 3.05) is 18.0 Å². The topological polar surface area (TPSA) is 28.7 Å². The predicted molar refractivity (Wildman–Crippen MR) is 69.6 cm³/mol. The summed E-state index contributed by atoms with van der Waals surface area (Å²) in [5.41, 5.74) is 2.39. The van der Waals surface area contributed by atoms with Gasteiger partial charge in [-0.15, -0.1) is 0 Å². The Morgan fingerprint density at radius 2 is 2.29 bits per heavy atom. The molecule has 0 radical (unpaired) electrons. The maximum absolute atomic E-state index is 5.44. The number of anilines is 1. The van der Waals surface area contributed by atoms with Crippen LogP contribution in [0.3, 0.4) is 0 Å². The van der Waals surface area contributed by atoms with E-state index in [0.29, 0.717) is 0 Å². The minimum atomic E-state index is 0.909. The van der Waals surface area contributed by atoms with E-state index in [1.165, 1.54) is 10.6 Å². The van der Waals surface area contributed by atoms with Crippen LogP contribution in [0.25, 0.3) is 11.3 Å². The molecule has 0 saturated carbocycles. The van der Waals surface area contributed by atoms with Crippen molar-refractivity contribution in [1.82, 2.24) is 0 Å². The van der Waals surface area contributed by atoms with E-state index in [0.717, 1.165) is 29.6 Å². The number of aliphatic imine (C=N–C) groups is 1. The van der Waals surface area contributed by atoms with Crippen LogP contribution in [0, 0.1) is 0 Å². The van der Waals surface area contributed by atoms with E-state index in [4.69, 9.17) is 4.42 Å². The first-order valence-electron chi connectivity index (χ1n) is 5.59. The minimum Gasteiger partial charge on any atom is -0.464 e. The molecule has 0 amide bonds. The van der Waals surface area contributed by atoms with Gasteiger partial charge >= 0.3 is 0 Å². The van der Waals surface area contributed by atoms with Crippen molar-refractivity contribution in [3.05, 3.63) is 36.6 Å². The van der Waals surface area contributed by atoms with Crippen molar-refractivity contribution in [3.8, 4) is 11.3 Å². The summed E-state index contributed by atoms with van der Waals surface area (Å²) < 4.78 is 5.44. The number of furan rings is 1. The highest BCUT2D eigenvalue weighted by Crippen LogP contribution is 2.43. The standard InChI is InChI=1S/C13H10N2OS/c1-2-11(16-7-1)9-3-4-12-10(8-9)15-6-5-14-13(15)17-12/h1-4,7-8H,5-6H2. The molecule has 0 unspecified atom stereocenters. The molecule has 84 valence electrons. The summed E-state index contributed by atoms with van der Waals surface area (Å²) in [4.78, 5) is 8.06. The Labute approximate surface area is 103 Å². The molecule has 1 aromatic carbocycles. The fourth-order valence-corrected chi connectivity index (χ4v) is 3.31. The largest absolute Gasteiger partial charge is 0.464 e. The van der Waals surface area contributed by atoms with E-state index in [2.05, 4.69) is 28.1 Å². The summed E-state index contributed by atoms with van der Waals surface area (Å²) in [5.74, 6) is 0.919. The molecule has 0 bridgehead atoms. The lowest BCUT2D eigenvalue weighted by atomic mass is 10.1. The first kappa shape index (κ1) is 9.36. The van der Waals surface area contributed by atoms with Crippen LogP contribution in [-0.2, 0) is 0 Å². The van der Waals surface area contributed by atoms with Gasteiger partial charge in [0.25, 0.3) is 0 Å². The number of hydrogen-bond acceptors (Lipinski definition) is 4. The van der Waals surface area contributed by atoms with Gasteiger partial charge in [0.1, 0.15) is 5.76 Å². The summed E-state index contributed by atoms with van der Waals surface area (Å²) in [6.07, 6.45) is 1.71. The third-order valence-corrected chi connectivity index (χ3v) is 4.16. The maximum atomic E-state index is 5.44. The lowest BCUT2D eigenvalue weighted by Gasteiger charge is -2.12. The summed E-state index contributed by atoms with van der Waals surface area (Å²) >= 11 is 1.76. The van der Waals surface area contributed by atoms with Crippen LogP contribution in [0.2, 0.25) is 0 Å². The normalized spacial score (nSPS) is 16.9. The number of benzene rings is 1. The molecule has 1 aromatic heterocycles. The first-order chi connectivity index (χ1) is 8.42. The van der Waals surface area contributed by atoms with Gasteiger partial charge in [0, 0.05) is 17.0 Å². The molecule has 0 atom stereocenters. The second-order valence-electron chi connectivity index (χ2n) is 4.08. The lowest BCUT2D eigenvalue weighted by molar-refractivity contribution is 0.582. The van der Waals surface area contributed by atoms with Gasteiger partial charge in [0.05, 0.1) is 18.5 Å². The highest BCUT2D eigenvalue weighted by molar-refractivity contribution is 8.14. The van der Waals surface area contributed by atoms with Crippen LogP contribution in [0.1, 0.15) is 0 Å². The van der Waals surface area contributed by atoms with E-state index in [9.17, 15) is 0 Å². The molecule has 17 heavy (non-hydrogen) atoms. The van der Waals surface area contributed by atoms with Gasteiger partial charge in [0.15, 0.2) is 5.17 Å². The lowest BCUT2D eigenvalue weighted by Crippen LogP contribution is -2.20. The number of rotatable bonds is 1. The van der Waals surface area contributed by atoms with E-state index < -0.39 is 0 Å². The summed E-state index contributed by atoms with van der Waals surface area (Å²) in [7, 11) is 0. The number of nitrogens with zero attached hydrogens (tertiary/aromatic N) is 2. The van der Waals surface area contributed by atoms with Crippen molar-refractivity contribution in [2.24, 2.45) is 4.99 Å². The van der Waals surface area contributed by atoms with Crippen LogP contribution < -0.4 is 4.90 Å². The van der Waals surface area contributed by atoms with Gasteiger partial charge in [-0.1, -0.05) is 0 Å². The van der Waals surface area contributed by atoms with E-state index in [1.807, 2.05) is 12.1 Å². The van der Waals surface area contributed by atoms with Gasteiger partial charge in [-0.05, 0) is 42.1 Å². The van der Waals surface area contributed by atoms with Gasteiger partial charge in [-0.2, -0.15) is 0 Å². The summed E-state index contributed by atoms with van der Waals surface area (Å²) in [5, 5.41) is 1.14. The SMILES string of the molecule is c1coc(-c2ccc3c(c2)N2CCN=C2S3)c1. The Morgan fingerprint density at radius 1 is 1.29 bits per heavy atom. The molecule has 2 aromatic rings. The number of thioether (sulfide) groups is 1. The molecule has 4 rings (SSSR count). The fourth-order valence-electron chi connectivity index (χ4n) is 2.25. The van der Waals surface area contributed by atoms with Crippen LogP contribution in [0.4, 0.5) is 5.69 Å². The second kappa shape index (κ2) is 3.40. The minimum absolute atomic E-state index is 0.909. The molecule has 0 spiro atoms. The van der Waals surface area contributed by atoms with E-state index in [1.54, 1.807) is 18.0 Å². The molecule has 3 nitrogen and oxygen atoms in total. The van der Waals surface area contributed by atoms with Crippen molar-refractivity contribution in [2.45, 2.75) is 4.90 Å². The maximum Gasteiger partial charge on any atom is 0.168 e. The first-order valence-corrected chi connectivity index (χ1v) is 6.41. The third kappa shape index (κ3) is 1.34. The second-order valence-corrected chi connectivity index (χ2v) is 5.09. The summed E-state index contributed by atoms with van der Waals surface area (Å²) in [6, 6.07) is 10.4. The molecule has 0 N–H and O–H groups in total. The molecule has 0 aliphatic carbocycles. The Bertz CT molecular complexity index is 604. The molecule has 2 aliphatic rings. The Balaban J connectivity index is 1.84. The Kier molecular flexibility index (Phi) is 1.87. The number of hydrogen-bond donors (Lipinski definition) is 0. The van der Waals surface area contributed by atoms with Crippen molar-refractivity contribution in [1.29, 1.82) is 0 Å². The fraction of sp³-hybridized carbons (Fsp3) is 0.154. The molecule has 3 heterocycles. The highest BCUT2D eigenvalue weighted by Gasteiger charge is 2.29. The number of fused-ring (bicyclic) bond motifs is 3. The van der Waals surface area contributed by atoms with Gasteiger partial charge in [-0.25, -0.2) is 0 Å². The van der Waals surface area contributed by atoms with E-state index >= 15 is 0 Å². The third-order valence-electron chi connectivity index (χ3n) is 3.06. The van der Waals surface area contributed by atoms with Gasteiger partial charge in [-0.3, -0.25) is 4.99 Å². The van der Waals surface area contributed by atoms with Gasteiger partial charge < -0.3 is 9.32 Å². The zero-order valence-electron chi connectivity index (χ0n) is 9.09. The Morgan fingerprint density at radius 3 is 3.18 bits per heavy atom. The molecular weight excluding hydrogens is 232 g/mol. The predicted octanol–water partition coefficient (Wildman–Crippen LogP) is 3.23. The molecular formula is C13H10N2OS. The van der Waals surface area contributed by atoms with Crippen molar-refractivity contribution >= 4 is 22.6 Å². The van der Waals surface area contributed by atoms with Crippen LogP contribution in [0.15, 0.2) is 50.9 Å². The van der Waals surface area contributed by atoms with Crippen LogP contribution in [-0.4, -0.2) is 18.3 Å². The zero-order valence-corrected chi connectivity index (χ0v) is 9.91. The monoisotopic (exact) mass is 242 g/mol. The molecule has 0 fully saturated rings. The van der Waals surface area contributed by atoms with E-state index in [-0.39, 0.29) is 0 Å². The van der Waals surface area contributed by atoms with Crippen LogP contribution >= 0.6 is 11.8 Å². The molecule has 0 saturated heterocycles. The van der Waals surface area contributed by atoms with Crippen LogP contribution in [0.5, 0.6) is 0 Å². The van der Waals surface area contributed by atoms with Crippen molar-refractivity contribution < 1.29 is 4.42 Å². The average Bonchev–Trinajstić information content (AvgIpc) is 3.05.